The zero-order chi connectivity index (χ0) is 19.6. The zero-order valence-corrected chi connectivity index (χ0v) is 17.8. The Morgan fingerprint density at radius 2 is 1.67 bits per heavy atom. The van der Waals surface area contributed by atoms with E-state index in [0.29, 0.717) is 6.61 Å². The van der Waals surface area contributed by atoms with Crippen LogP contribution in [0.4, 0.5) is 0 Å². The van der Waals surface area contributed by atoms with Gasteiger partial charge in [0.1, 0.15) is 17.9 Å². The van der Waals surface area contributed by atoms with E-state index in [2.05, 4.69) is 22.6 Å². The molecule has 3 rings (SSSR count). The number of rotatable bonds is 4. The predicted molar refractivity (Wildman–Crippen MR) is 116 cm³/mol. The van der Waals surface area contributed by atoms with E-state index >= 15 is 0 Å². The number of nitrogens with zero attached hydrogens (tertiary/aromatic N) is 2. The molecule has 1 heterocycles. The van der Waals surface area contributed by atoms with Crippen LogP contribution in [-0.2, 0) is 16.2 Å². The van der Waals surface area contributed by atoms with E-state index in [-0.39, 0.29) is 10.7 Å². The summed E-state index contributed by atoms with van der Waals surface area (Å²) in [6.07, 6.45) is 1.59. The van der Waals surface area contributed by atoms with Crippen LogP contribution in [-0.4, -0.2) is 40.8 Å². The molecule has 27 heavy (non-hydrogen) atoms. The minimum atomic E-state index is -0.400. The molecule has 1 aliphatic heterocycles. The summed E-state index contributed by atoms with van der Waals surface area (Å²) in [5.74, 6) is -0.0525. The number of thiocarbonyl (C=S) groups is 1. The average Bonchev–Trinajstić information content (AvgIpc) is 2.68. The van der Waals surface area contributed by atoms with Crippen LogP contribution in [0.25, 0.3) is 6.08 Å². The van der Waals surface area contributed by atoms with E-state index in [9.17, 15) is 9.59 Å². The van der Waals surface area contributed by atoms with Gasteiger partial charge in [-0.2, -0.15) is 0 Å². The highest BCUT2D eigenvalue weighted by atomic mass is 127. The first kappa shape index (κ1) is 19.5. The van der Waals surface area contributed by atoms with Gasteiger partial charge >= 0.3 is 0 Å². The second kappa shape index (κ2) is 8.18. The van der Waals surface area contributed by atoms with Gasteiger partial charge in [-0.05, 0) is 64.1 Å². The van der Waals surface area contributed by atoms with E-state index in [1.165, 1.54) is 9.80 Å². The third-order valence-electron chi connectivity index (χ3n) is 4.15. The smallest absolute Gasteiger partial charge is 0.265 e. The topological polar surface area (TPSA) is 49.9 Å². The molecule has 2 aromatic rings. The first-order valence-electron chi connectivity index (χ1n) is 8.16. The maximum absolute atomic E-state index is 12.4. The molecule has 0 radical (unpaired) electrons. The maximum atomic E-state index is 12.4. The molecule has 7 heteroatoms. The zero-order valence-electron chi connectivity index (χ0n) is 14.8. The van der Waals surface area contributed by atoms with Gasteiger partial charge in [-0.25, -0.2) is 0 Å². The van der Waals surface area contributed by atoms with Crippen molar-refractivity contribution in [3.05, 3.63) is 68.8 Å². The third kappa shape index (κ3) is 4.19. The van der Waals surface area contributed by atoms with Crippen molar-refractivity contribution in [2.75, 3.05) is 14.1 Å². The fourth-order valence-corrected chi connectivity index (χ4v) is 3.46. The molecule has 0 atom stereocenters. The highest BCUT2D eigenvalue weighted by molar-refractivity contribution is 14.1. The van der Waals surface area contributed by atoms with Gasteiger partial charge in [0.05, 0.1) is 3.57 Å². The Bertz CT molecular complexity index is 917. The largest absolute Gasteiger partial charge is 0.488 e. The first-order chi connectivity index (χ1) is 12.9. The molecule has 0 N–H and O–H groups in total. The van der Waals surface area contributed by atoms with Crippen molar-refractivity contribution in [3.63, 3.8) is 0 Å². The monoisotopic (exact) mass is 492 g/mol. The lowest BCUT2D eigenvalue weighted by Gasteiger charge is -2.31. The maximum Gasteiger partial charge on any atom is 0.265 e. The number of benzene rings is 2. The van der Waals surface area contributed by atoms with Crippen molar-refractivity contribution >= 4 is 57.8 Å². The fraction of sp³-hybridized carbons (Fsp3) is 0.150. The van der Waals surface area contributed by atoms with Crippen molar-refractivity contribution in [1.82, 2.24) is 9.80 Å². The predicted octanol–water partition coefficient (Wildman–Crippen LogP) is 3.47. The van der Waals surface area contributed by atoms with E-state index in [1.807, 2.05) is 48.5 Å². The second-order valence-electron chi connectivity index (χ2n) is 6.03. The Labute approximate surface area is 176 Å². The first-order valence-corrected chi connectivity index (χ1v) is 9.65. The Kier molecular flexibility index (Phi) is 5.91. The van der Waals surface area contributed by atoms with Crippen LogP contribution in [0.3, 0.4) is 0 Å². The average molecular weight is 492 g/mol. The van der Waals surface area contributed by atoms with Crippen LogP contribution >= 0.6 is 34.8 Å². The van der Waals surface area contributed by atoms with Crippen LogP contribution in [0.5, 0.6) is 5.75 Å². The van der Waals surface area contributed by atoms with Gasteiger partial charge in [0.15, 0.2) is 5.11 Å². The van der Waals surface area contributed by atoms with E-state index in [0.717, 1.165) is 20.4 Å². The molecule has 0 unspecified atom stereocenters. The van der Waals surface area contributed by atoms with Crippen LogP contribution in [0.1, 0.15) is 11.1 Å². The third-order valence-corrected chi connectivity index (χ3v) is 5.54. The molecular formula is C20H17IN2O3S. The number of carbonyl (C=O) groups is 2. The van der Waals surface area contributed by atoms with Crippen LogP contribution < -0.4 is 4.74 Å². The summed E-state index contributed by atoms with van der Waals surface area (Å²) in [4.78, 5) is 27.4. The molecular weight excluding hydrogens is 475 g/mol. The molecule has 0 aromatic heterocycles. The summed E-state index contributed by atoms with van der Waals surface area (Å²) in [6, 6.07) is 15.4. The van der Waals surface area contributed by atoms with E-state index in [1.54, 1.807) is 20.2 Å². The molecule has 138 valence electrons. The lowest BCUT2D eigenvalue weighted by Crippen LogP contribution is -2.52. The standard InChI is InChI=1S/C20H17IN2O3S/c1-22-18(24)15(19(25)23(2)20(22)27)10-14-8-9-17(16(21)11-14)26-12-13-6-4-3-5-7-13/h3-11H,12H2,1-2H3. The van der Waals surface area contributed by atoms with Crippen molar-refractivity contribution in [3.8, 4) is 5.75 Å². The lowest BCUT2D eigenvalue weighted by atomic mass is 10.1. The fourth-order valence-electron chi connectivity index (χ4n) is 2.60. The highest BCUT2D eigenvalue weighted by Gasteiger charge is 2.35. The minimum Gasteiger partial charge on any atom is -0.488 e. The highest BCUT2D eigenvalue weighted by Crippen LogP contribution is 2.25. The van der Waals surface area contributed by atoms with Gasteiger partial charge in [0, 0.05) is 14.1 Å². The SMILES string of the molecule is CN1C(=O)C(=Cc2ccc(OCc3ccccc3)c(I)c2)C(=O)N(C)C1=S. The Morgan fingerprint density at radius 1 is 1.04 bits per heavy atom. The van der Waals surface area contributed by atoms with Gasteiger partial charge in [0.2, 0.25) is 0 Å². The quantitative estimate of drug-likeness (QED) is 0.284. The molecule has 1 saturated heterocycles. The van der Waals surface area contributed by atoms with Crippen molar-refractivity contribution in [2.24, 2.45) is 0 Å². The number of halogens is 1. The Balaban J connectivity index is 1.81. The van der Waals surface area contributed by atoms with Crippen LogP contribution in [0, 0.1) is 3.57 Å². The molecule has 1 fully saturated rings. The summed E-state index contributed by atoms with van der Waals surface area (Å²) >= 11 is 7.27. The second-order valence-corrected chi connectivity index (χ2v) is 7.56. The minimum absolute atomic E-state index is 0.0855. The molecule has 0 saturated carbocycles. The molecule has 1 aliphatic rings. The molecule has 0 aliphatic carbocycles. The van der Waals surface area contributed by atoms with Gasteiger partial charge < -0.3 is 4.74 Å². The molecule has 0 spiro atoms. The normalized spacial score (nSPS) is 14.6. The summed E-state index contributed by atoms with van der Waals surface area (Å²) in [5, 5.41) is 0.196. The number of hydrogen-bond acceptors (Lipinski definition) is 4. The number of ether oxygens (including phenoxy) is 1. The Hall–Kier alpha value is -2.26. The summed E-state index contributed by atoms with van der Waals surface area (Å²) in [7, 11) is 3.12. The number of carbonyl (C=O) groups excluding carboxylic acids is 2. The molecule has 5 nitrogen and oxygen atoms in total. The van der Waals surface area contributed by atoms with Crippen LogP contribution in [0.15, 0.2) is 54.1 Å². The van der Waals surface area contributed by atoms with E-state index < -0.39 is 11.8 Å². The molecule has 2 amide bonds. The summed E-state index contributed by atoms with van der Waals surface area (Å²) in [6.45, 7) is 0.473. The number of hydrogen-bond donors (Lipinski definition) is 0. The number of likely N-dealkylation sites (N-methyl/N-ethyl adjacent to an activating group) is 2. The number of amides is 2. The molecule has 2 aromatic carbocycles. The summed E-state index contributed by atoms with van der Waals surface area (Å²) in [5.41, 5.74) is 1.92. The summed E-state index contributed by atoms with van der Waals surface area (Å²) < 4.78 is 6.76. The lowest BCUT2D eigenvalue weighted by molar-refractivity contribution is -0.132. The van der Waals surface area contributed by atoms with Gasteiger partial charge in [-0.1, -0.05) is 36.4 Å². The molecule has 0 bridgehead atoms. The van der Waals surface area contributed by atoms with Gasteiger partial charge in [-0.15, -0.1) is 0 Å². The van der Waals surface area contributed by atoms with Crippen molar-refractivity contribution in [2.45, 2.75) is 6.61 Å². The van der Waals surface area contributed by atoms with Crippen molar-refractivity contribution < 1.29 is 14.3 Å². The van der Waals surface area contributed by atoms with E-state index in [4.69, 9.17) is 17.0 Å². The van der Waals surface area contributed by atoms with Gasteiger partial charge in [-0.3, -0.25) is 19.4 Å². The van der Waals surface area contributed by atoms with Crippen molar-refractivity contribution in [1.29, 1.82) is 0 Å². The van der Waals surface area contributed by atoms with Crippen LogP contribution in [0.2, 0.25) is 0 Å². The van der Waals surface area contributed by atoms with Gasteiger partial charge in [0.25, 0.3) is 11.8 Å². The Morgan fingerprint density at radius 3 is 2.26 bits per heavy atom.